The highest BCUT2D eigenvalue weighted by Gasteiger charge is 2.45. The maximum atomic E-state index is 12.6. The SMILES string of the molecule is CCCC(=N)c1nc(-c2cc(NC3(C(=O)OC)CCC3)ccc2OCC)[nH]c(=O)c1C. The van der Waals surface area contributed by atoms with Gasteiger partial charge in [0.2, 0.25) is 0 Å². The van der Waals surface area contributed by atoms with Crippen LogP contribution in [-0.2, 0) is 9.53 Å². The van der Waals surface area contributed by atoms with E-state index in [1.807, 2.05) is 26.0 Å². The number of carbonyl (C=O) groups excluding carboxylic acids is 1. The molecule has 166 valence electrons. The van der Waals surface area contributed by atoms with Crippen LogP contribution < -0.4 is 15.6 Å². The molecule has 1 aliphatic rings. The van der Waals surface area contributed by atoms with Crippen LogP contribution in [0.1, 0.15) is 57.2 Å². The van der Waals surface area contributed by atoms with Gasteiger partial charge in [-0.1, -0.05) is 13.3 Å². The topological polar surface area (TPSA) is 117 Å². The molecular formula is C23H30N4O4. The van der Waals surface area contributed by atoms with E-state index in [4.69, 9.17) is 14.9 Å². The number of benzene rings is 1. The zero-order valence-corrected chi connectivity index (χ0v) is 18.6. The molecule has 0 radical (unpaired) electrons. The Morgan fingerprint density at radius 1 is 1.32 bits per heavy atom. The molecule has 8 nitrogen and oxygen atoms in total. The van der Waals surface area contributed by atoms with Gasteiger partial charge < -0.3 is 25.2 Å². The molecule has 0 bridgehead atoms. The average molecular weight is 427 g/mol. The van der Waals surface area contributed by atoms with E-state index < -0.39 is 5.54 Å². The van der Waals surface area contributed by atoms with E-state index in [2.05, 4.69) is 15.3 Å². The van der Waals surface area contributed by atoms with Crippen LogP contribution in [0.3, 0.4) is 0 Å². The van der Waals surface area contributed by atoms with Crippen LogP contribution in [0.25, 0.3) is 11.4 Å². The van der Waals surface area contributed by atoms with Crippen LogP contribution in [0.4, 0.5) is 5.69 Å². The molecule has 3 rings (SSSR count). The first-order valence-electron chi connectivity index (χ1n) is 10.7. The maximum absolute atomic E-state index is 12.6. The summed E-state index contributed by atoms with van der Waals surface area (Å²) in [7, 11) is 1.39. The van der Waals surface area contributed by atoms with Gasteiger partial charge in [-0.3, -0.25) is 4.79 Å². The van der Waals surface area contributed by atoms with Crippen molar-refractivity contribution in [3.05, 3.63) is 39.8 Å². The smallest absolute Gasteiger partial charge is 0.331 e. The number of hydrogen-bond donors (Lipinski definition) is 3. The zero-order valence-electron chi connectivity index (χ0n) is 18.6. The van der Waals surface area contributed by atoms with E-state index in [0.29, 0.717) is 65.7 Å². The van der Waals surface area contributed by atoms with E-state index in [1.165, 1.54) is 7.11 Å². The summed E-state index contributed by atoms with van der Waals surface area (Å²) >= 11 is 0. The van der Waals surface area contributed by atoms with Crippen molar-refractivity contribution in [2.24, 2.45) is 0 Å². The molecule has 1 aliphatic carbocycles. The number of esters is 1. The standard InChI is InChI=1S/C23H30N4O4/c1-5-8-17(24)19-14(3)21(28)26-20(25-19)16-13-15(9-10-18(16)31-6-2)27-23(11-7-12-23)22(29)30-4/h9-10,13,24,27H,5-8,11-12H2,1-4H3,(H,25,26,28). The normalized spacial score (nSPS) is 14.5. The van der Waals surface area contributed by atoms with Gasteiger partial charge in [0.1, 0.15) is 17.1 Å². The third-order valence-electron chi connectivity index (χ3n) is 5.64. The number of hydrogen-bond acceptors (Lipinski definition) is 7. The van der Waals surface area contributed by atoms with E-state index in [0.717, 1.165) is 12.8 Å². The van der Waals surface area contributed by atoms with Gasteiger partial charge in [0.25, 0.3) is 5.56 Å². The number of carbonyl (C=O) groups is 1. The van der Waals surface area contributed by atoms with Gasteiger partial charge in [-0.2, -0.15) is 0 Å². The molecule has 0 saturated heterocycles. The lowest BCUT2D eigenvalue weighted by molar-refractivity contribution is -0.149. The second-order valence-electron chi connectivity index (χ2n) is 7.81. The number of rotatable bonds is 9. The Morgan fingerprint density at radius 3 is 2.65 bits per heavy atom. The Balaban J connectivity index is 2.07. The van der Waals surface area contributed by atoms with Crippen molar-refractivity contribution in [2.75, 3.05) is 19.0 Å². The second kappa shape index (κ2) is 9.32. The van der Waals surface area contributed by atoms with Gasteiger partial charge in [-0.05, 0) is 57.7 Å². The molecule has 31 heavy (non-hydrogen) atoms. The molecule has 0 unspecified atom stereocenters. The number of aromatic amines is 1. The number of H-pyrrole nitrogens is 1. The van der Waals surface area contributed by atoms with Crippen molar-refractivity contribution in [3.63, 3.8) is 0 Å². The molecule has 1 aromatic heterocycles. The van der Waals surface area contributed by atoms with Crippen LogP contribution in [-0.4, -0.2) is 40.9 Å². The van der Waals surface area contributed by atoms with E-state index in [9.17, 15) is 9.59 Å². The summed E-state index contributed by atoms with van der Waals surface area (Å²) in [5, 5.41) is 11.6. The Bertz CT molecular complexity index is 1040. The summed E-state index contributed by atoms with van der Waals surface area (Å²) in [4.78, 5) is 32.3. The minimum absolute atomic E-state index is 0.285. The Kier molecular flexibility index (Phi) is 6.77. The summed E-state index contributed by atoms with van der Waals surface area (Å²) in [5.74, 6) is 0.611. The summed E-state index contributed by atoms with van der Waals surface area (Å²) in [5.41, 5.74) is 1.43. The molecule has 0 amide bonds. The molecule has 1 heterocycles. The lowest BCUT2D eigenvalue weighted by Crippen LogP contribution is -2.52. The van der Waals surface area contributed by atoms with Gasteiger partial charge >= 0.3 is 5.97 Å². The fraction of sp³-hybridized carbons (Fsp3) is 0.478. The predicted octanol–water partition coefficient (Wildman–Crippen LogP) is 3.82. The lowest BCUT2D eigenvalue weighted by Gasteiger charge is -2.40. The van der Waals surface area contributed by atoms with Gasteiger partial charge in [-0.25, -0.2) is 9.78 Å². The molecule has 1 saturated carbocycles. The highest BCUT2D eigenvalue weighted by molar-refractivity contribution is 5.98. The highest BCUT2D eigenvalue weighted by Crippen LogP contribution is 2.38. The summed E-state index contributed by atoms with van der Waals surface area (Å²) in [6.07, 6.45) is 3.67. The minimum atomic E-state index is -0.734. The first-order chi connectivity index (χ1) is 14.8. The number of nitrogens with one attached hydrogen (secondary N) is 3. The third-order valence-corrected chi connectivity index (χ3v) is 5.64. The van der Waals surface area contributed by atoms with Crippen molar-refractivity contribution in [1.29, 1.82) is 5.41 Å². The third kappa shape index (κ3) is 4.47. The first-order valence-corrected chi connectivity index (χ1v) is 10.7. The van der Waals surface area contributed by atoms with Crippen LogP contribution in [0.5, 0.6) is 5.75 Å². The lowest BCUT2D eigenvalue weighted by atomic mass is 9.76. The monoisotopic (exact) mass is 426 g/mol. The van der Waals surface area contributed by atoms with Gasteiger partial charge in [0.05, 0.1) is 30.7 Å². The van der Waals surface area contributed by atoms with Gasteiger partial charge in [0.15, 0.2) is 0 Å². The maximum Gasteiger partial charge on any atom is 0.331 e. The summed E-state index contributed by atoms with van der Waals surface area (Å²) in [6.45, 7) is 5.98. The van der Waals surface area contributed by atoms with Gasteiger partial charge in [0, 0.05) is 11.3 Å². The van der Waals surface area contributed by atoms with Gasteiger partial charge in [-0.15, -0.1) is 0 Å². The summed E-state index contributed by atoms with van der Waals surface area (Å²) < 4.78 is 10.8. The number of nitrogens with zero attached hydrogens (tertiary/aromatic N) is 1. The quantitative estimate of drug-likeness (QED) is 0.414. The first kappa shape index (κ1) is 22.5. The second-order valence-corrected chi connectivity index (χ2v) is 7.81. The Morgan fingerprint density at radius 2 is 2.06 bits per heavy atom. The van der Waals surface area contributed by atoms with E-state index in [1.54, 1.807) is 13.0 Å². The number of methoxy groups -OCH3 is 1. The zero-order chi connectivity index (χ0) is 22.6. The van der Waals surface area contributed by atoms with E-state index in [-0.39, 0.29) is 11.5 Å². The fourth-order valence-corrected chi connectivity index (χ4v) is 3.78. The van der Waals surface area contributed by atoms with E-state index >= 15 is 0 Å². The van der Waals surface area contributed by atoms with Crippen molar-refractivity contribution < 1.29 is 14.3 Å². The Hall–Kier alpha value is -3.16. The molecule has 0 aliphatic heterocycles. The largest absolute Gasteiger partial charge is 0.493 e. The number of ether oxygens (including phenoxy) is 2. The van der Waals surface area contributed by atoms with Crippen LogP contribution >= 0.6 is 0 Å². The molecule has 8 heteroatoms. The molecule has 1 aromatic carbocycles. The minimum Gasteiger partial charge on any atom is -0.493 e. The van der Waals surface area contributed by atoms with Crippen molar-refractivity contribution in [3.8, 4) is 17.1 Å². The molecule has 0 atom stereocenters. The Labute approximate surface area is 181 Å². The molecular weight excluding hydrogens is 396 g/mol. The van der Waals surface area contributed by atoms with Crippen molar-refractivity contribution in [1.82, 2.24) is 9.97 Å². The average Bonchev–Trinajstić information content (AvgIpc) is 2.73. The molecule has 0 spiro atoms. The van der Waals surface area contributed by atoms with Crippen LogP contribution in [0.2, 0.25) is 0 Å². The van der Waals surface area contributed by atoms with Crippen LogP contribution in [0, 0.1) is 12.3 Å². The van der Waals surface area contributed by atoms with Crippen molar-refractivity contribution >= 4 is 17.4 Å². The molecule has 1 fully saturated rings. The predicted molar refractivity (Wildman–Crippen MR) is 120 cm³/mol. The highest BCUT2D eigenvalue weighted by atomic mass is 16.5. The van der Waals surface area contributed by atoms with Crippen LogP contribution in [0.15, 0.2) is 23.0 Å². The summed E-state index contributed by atoms with van der Waals surface area (Å²) in [6, 6.07) is 5.44. The molecule has 3 N–H and O–H groups in total. The van der Waals surface area contributed by atoms with Crippen molar-refractivity contribution in [2.45, 2.75) is 58.4 Å². The molecule has 2 aromatic rings. The number of anilines is 1. The fourth-order valence-electron chi connectivity index (χ4n) is 3.78. The number of aromatic nitrogens is 2.